The lowest BCUT2D eigenvalue weighted by atomic mass is 10.00. The minimum absolute atomic E-state index is 0.415. The fraction of sp³-hybridized carbons (Fsp3) is 0.259. The SMILES string of the molecule is Cn1ccc2c(-c3nccc4c3C(NCc3ccccc3)N(C(=O)OC(C)(C)C)C4=O)ccnc21. The van der Waals surface area contributed by atoms with E-state index in [2.05, 4.69) is 15.3 Å². The Morgan fingerprint density at radius 2 is 1.74 bits per heavy atom. The summed E-state index contributed by atoms with van der Waals surface area (Å²) >= 11 is 0. The quantitative estimate of drug-likeness (QED) is 0.461. The molecule has 8 heteroatoms. The van der Waals surface area contributed by atoms with Crippen LogP contribution in [0.25, 0.3) is 22.3 Å². The Hall–Kier alpha value is -4.04. The fourth-order valence-electron chi connectivity index (χ4n) is 4.40. The van der Waals surface area contributed by atoms with Crippen LogP contribution in [-0.2, 0) is 18.3 Å². The van der Waals surface area contributed by atoms with Gasteiger partial charge in [-0.05, 0) is 44.5 Å². The average molecular weight is 470 g/mol. The van der Waals surface area contributed by atoms with Crippen molar-refractivity contribution in [3.05, 3.63) is 83.8 Å². The molecule has 1 N–H and O–H groups in total. The number of carbonyl (C=O) groups is 2. The van der Waals surface area contributed by atoms with Crippen LogP contribution in [-0.4, -0.2) is 37.0 Å². The first-order valence-corrected chi connectivity index (χ1v) is 11.5. The third kappa shape index (κ3) is 4.17. The van der Waals surface area contributed by atoms with Gasteiger partial charge in [0.15, 0.2) is 0 Å². The van der Waals surface area contributed by atoms with Gasteiger partial charge < -0.3 is 9.30 Å². The molecule has 4 aromatic rings. The normalized spacial score (nSPS) is 15.5. The van der Waals surface area contributed by atoms with Crippen molar-refractivity contribution in [2.24, 2.45) is 7.05 Å². The second-order valence-electron chi connectivity index (χ2n) is 9.57. The zero-order valence-corrected chi connectivity index (χ0v) is 20.1. The molecule has 5 rings (SSSR count). The summed E-state index contributed by atoms with van der Waals surface area (Å²) in [7, 11) is 1.93. The minimum Gasteiger partial charge on any atom is -0.443 e. The maximum absolute atomic E-state index is 13.5. The van der Waals surface area contributed by atoms with Crippen LogP contribution < -0.4 is 5.32 Å². The summed E-state index contributed by atoms with van der Waals surface area (Å²) in [6, 6.07) is 15.4. The van der Waals surface area contributed by atoms with Crippen molar-refractivity contribution in [1.29, 1.82) is 0 Å². The Morgan fingerprint density at radius 3 is 2.49 bits per heavy atom. The molecule has 0 saturated heterocycles. The van der Waals surface area contributed by atoms with E-state index in [-0.39, 0.29) is 0 Å². The molecule has 1 atom stereocenters. The van der Waals surface area contributed by atoms with Crippen LogP contribution in [0.3, 0.4) is 0 Å². The van der Waals surface area contributed by atoms with E-state index in [0.717, 1.165) is 27.1 Å². The maximum Gasteiger partial charge on any atom is 0.418 e. The largest absolute Gasteiger partial charge is 0.443 e. The van der Waals surface area contributed by atoms with Crippen LogP contribution in [0.15, 0.2) is 67.1 Å². The molecule has 0 spiro atoms. The number of hydrogen-bond acceptors (Lipinski definition) is 6. The van der Waals surface area contributed by atoms with Crippen molar-refractivity contribution in [3.63, 3.8) is 0 Å². The van der Waals surface area contributed by atoms with Crippen LogP contribution in [0.1, 0.15) is 48.4 Å². The summed E-state index contributed by atoms with van der Waals surface area (Å²) < 4.78 is 7.55. The number of carbonyl (C=O) groups excluding carboxylic acids is 2. The van der Waals surface area contributed by atoms with E-state index in [1.807, 2.05) is 60.3 Å². The van der Waals surface area contributed by atoms with Crippen molar-refractivity contribution >= 4 is 23.0 Å². The lowest BCUT2D eigenvalue weighted by Crippen LogP contribution is -2.43. The lowest BCUT2D eigenvalue weighted by Gasteiger charge is -2.28. The third-order valence-electron chi connectivity index (χ3n) is 5.93. The molecule has 1 aliphatic rings. The van der Waals surface area contributed by atoms with Crippen LogP contribution >= 0.6 is 0 Å². The Morgan fingerprint density at radius 1 is 1.03 bits per heavy atom. The Labute approximate surface area is 203 Å². The van der Waals surface area contributed by atoms with E-state index in [4.69, 9.17) is 4.74 Å². The molecule has 3 aromatic heterocycles. The van der Waals surface area contributed by atoms with E-state index in [1.54, 1.807) is 39.2 Å². The number of amides is 2. The highest BCUT2D eigenvalue weighted by Crippen LogP contribution is 2.40. The van der Waals surface area contributed by atoms with Crippen LogP contribution in [0.5, 0.6) is 0 Å². The summed E-state index contributed by atoms with van der Waals surface area (Å²) in [5, 5.41) is 4.33. The standard InChI is InChI=1S/C27H27N5O3/c1-27(2,3)35-26(34)32-24(30-16-17-8-6-5-7-9-17)21-20(25(32)33)11-13-28-22(21)18-10-14-29-23-19(18)12-15-31(23)4/h5-15,24,30H,16H2,1-4H3. The first-order chi connectivity index (χ1) is 16.7. The van der Waals surface area contributed by atoms with E-state index < -0.39 is 23.8 Å². The number of rotatable bonds is 4. The number of ether oxygens (including phenoxy) is 1. The number of nitrogens with one attached hydrogen (secondary N) is 1. The second-order valence-corrected chi connectivity index (χ2v) is 9.57. The molecule has 178 valence electrons. The van der Waals surface area contributed by atoms with E-state index in [0.29, 0.717) is 23.4 Å². The van der Waals surface area contributed by atoms with E-state index in [9.17, 15) is 9.59 Å². The van der Waals surface area contributed by atoms with Gasteiger partial charge in [-0.15, -0.1) is 0 Å². The average Bonchev–Trinajstić information content (AvgIpc) is 3.35. The molecule has 0 fully saturated rings. The smallest absolute Gasteiger partial charge is 0.418 e. The topological polar surface area (TPSA) is 89.4 Å². The number of aromatic nitrogens is 3. The Bertz CT molecular complexity index is 1420. The van der Waals surface area contributed by atoms with Crippen LogP contribution in [0.4, 0.5) is 4.79 Å². The molecule has 8 nitrogen and oxygen atoms in total. The van der Waals surface area contributed by atoms with Gasteiger partial charge in [-0.1, -0.05) is 30.3 Å². The second kappa shape index (κ2) is 8.63. The van der Waals surface area contributed by atoms with E-state index in [1.165, 1.54) is 0 Å². The number of fused-ring (bicyclic) bond motifs is 2. The number of benzene rings is 1. The summed E-state index contributed by atoms with van der Waals surface area (Å²) in [4.78, 5) is 37.1. The Balaban J connectivity index is 1.64. The number of aryl methyl sites for hydroxylation is 1. The highest BCUT2D eigenvalue weighted by molar-refractivity contribution is 6.09. The van der Waals surface area contributed by atoms with E-state index >= 15 is 0 Å². The minimum atomic E-state index is -0.751. The van der Waals surface area contributed by atoms with Gasteiger partial charge in [-0.3, -0.25) is 15.1 Å². The number of nitrogens with zero attached hydrogens (tertiary/aromatic N) is 4. The van der Waals surface area contributed by atoms with Gasteiger partial charge in [0.1, 0.15) is 17.4 Å². The number of hydrogen-bond donors (Lipinski definition) is 1. The first kappa shape index (κ1) is 22.7. The van der Waals surface area contributed by atoms with Crippen LogP contribution in [0.2, 0.25) is 0 Å². The van der Waals surface area contributed by atoms with Gasteiger partial charge >= 0.3 is 6.09 Å². The fourth-order valence-corrected chi connectivity index (χ4v) is 4.40. The molecule has 4 heterocycles. The molecule has 0 aliphatic carbocycles. The van der Waals surface area contributed by atoms with Gasteiger partial charge in [-0.25, -0.2) is 14.7 Å². The van der Waals surface area contributed by atoms with Gasteiger partial charge in [0.25, 0.3) is 5.91 Å². The predicted molar refractivity (Wildman–Crippen MR) is 132 cm³/mol. The summed E-state index contributed by atoms with van der Waals surface area (Å²) in [5.41, 5.74) is 3.63. The molecule has 1 aromatic carbocycles. The van der Waals surface area contributed by atoms with Gasteiger partial charge in [0.2, 0.25) is 0 Å². The van der Waals surface area contributed by atoms with Crippen molar-refractivity contribution in [1.82, 2.24) is 24.8 Å². The summed E-state index contributed by atoms with van der Waals surface area (Å²) in [5.74, 6) is -0.415. The molecule has 2 amide bonds. The van der Waals surface area contributed by atoms with Gasteiger partial charge in [0, 0.05) is 48.7 Å². The molecule has 0 saturated carbocycles. The van der Waals surface area contributed by atoms with Gasteiger partial charge in [-0.2, -0.15) is 0 Å². The molecule has 1 aliphatic heterocycles. The molecular weight excluding hydrogens is 442 g/mol. The number of pyridine rings is 2. The lowest BCUT2D eigenvalue weighted by molar-refractivity contribution is 0.0161. The van der Waals surface area contributed by atoms with Gasteiger partial charge in [0.05, 0.1) is 11.3 Å². The summed E-state index contributed by atoms with van der Waals surface area (Å²) in [6.45, 7) is 5.78. The predicted octanol–water partition coefficient (Wildman–Crippen LogP) is 4.81. The van der Waals surface area contributed by atoms with Crippen LogP contribution in [0, 0.1) is 0 Å². The maximum atomic E-state index is 13.5. The molecule has 35 heavy (non-hydrogen) atoms. The molecule has 0 radical (unpaired) electrons. The first-order valence-electron chi connectivity index (χ1n) is 11.5. The highest BCUT2D eigenvalue weighted by atomic mass is 16.6. The number of imide groups is 1. The monoisotopic (exact) mass is 469 g/mol. The zero-order chi connectivity index (χ0) is 24.7. The zero-order valence-electron chi connectivity index (χ0n) is 20.1. The van der Waals surface area contributed by atoms with Crippen molar-refractivity contribution in [2.45, 2.75) is 39.1 Å². The third-order valence-corrected chi connectivity index (χ3v) is 5.93. The summed E-state index contributed by atoms with van der Waals surface area (Å²) in [6.07, 6.45) is 3.83. The molecule has 1 unspecified atom stereocenters. The van der Waals surface area contributed by atoms with Crippen molar-refractivity contribution in [2.75, 3.05) is 0 Å². The van der Waals surface area contributed by atoms with Crippen molar-refractivity contribution in [3.8, 4) is 11.3 Å². The van der Waals surface area contributed by atoms with Crippen molar-refractivity contribution < 1.29 is 14.3 Å². The molecular formula is C27H27N5O3. The highest BCUT2D eigenvalue weighted by Gasteiger charge is 2.44. The Kier molecular flexibility index (Phi) is 5.61. The molecule has 0 bridgehead atoms.